The first-order valence-corrected chi connectivity index (χ1v) is 11.4. The summed E-state index contributed by atoms with van der Waals surface area (Å²) in [6, 6.07) is 20.2. The molecule has 2 aromatic carbocycles. The van der Waals surface area contributed by atoms with E-state index in [9.17, 15) is 4.79 Å². The number of hydrogen-bond acceptors (Lipinski definition) is 5. The third-order valence-electron chi connectivity index (χ3n) is 5.85. The topological polar surface area (TPSA) is 51.0 Å². The Morgan fingerprint density at radius 3 is 2.32 bits per heavy atom. The molecule has 0 fully saturated rings. The SMILES string of the molecule is Cc1nc2c(c(=O)n1C(c1ccccc1)c1ccccc1)CN(Cc1nccs1)CC2. The molecule has 1 aliphatic heterocycles. The fourth-order valence-electron chi connectivity index (χ4n) is 4.39. The molecule has 0 aliphatic carbocycles. The summed E-state index contributed by atoms with van der Waals surface area (Å²) < 4.78 is 1.87. The molecule has 6 heteroatoms. The van der Waals surface area contributed by atoms with E-state index in [2.05, 4.69) is 34.1 Å². The first kappa shape index (κ1) is 19.8. The van der Waals surface area contributed by atoms with Crippen LogP contribution in [-0.2, 0) is 19.5 Å². The Morgan fingerprint density at radius 2 is 1.71 bits per heavy atom. The van der Waals surface area contributed by atoms with Crippen molar-refractivity contribution in [1.29, 1.82) is 0 Å². The van der Waals surface area contributed by atoms with Gasteiger partial charge in [0.2, 0.25) is 0 Å². The van der Waals surface area contributed by atoms with Crippen molar-refractivity contribution in [2.45, 2.75) is 32.5 Å². The van der Waals surface area contributed by atoms with Gasteiger partial charge in [-0.1, -0.05) is 60.7 Å². The summed E-state index contributed by atoms with van der Waals surface area (Å²) in [4.78, 5) is 25.5. The van der Waals surface area contributed by atoms with E-state index in [1.807, 2.05) is 59.5 Å². The number of rotatable bonds is 5. The highest BCUT2D eigenvalue weighted by atomic mass is 32.1. The Hall–Kier alpha value is -3.09. The second-order valence-electron chi connectivity index (χ2n) is 7.87. The van der Waals surface area contributed by atoms with Gasteiger partial charge in [-0.15, -0.1) is 11.3 Å². The number of fused-ring (bicyclic) bond motifs is 1. The third kappa shape index (κ3) is 3.96. The Bertz CT molecular complexity index is 1180. The van der Waals surface area contributed by atoms with Gasteiger partial charge in [-0.2, -0.15) is 0 Å². The average Bonchev–Trinajstić information content (AvgIpc) is 3.31. The Labute approximate surface area is 185 Å². The van der Waals surface area contributed by atoms with Crippen molar-refractivity contribution in [1.82, 2.24) is 19.4 Å². The summed E-state index contributed by atoms with van der Waals surface area (Å²) >= 11 is 1.66. The molecular formula is C25H24N4OS. The smallest absolute Gasteiger partial charge is 0.259 e. The van der Waals surface area contributed by atoms with E-state index < -0.39 is 0 Å². The van der Waals surface area contributed by atoms with E-state index in [1.54, 1.807) is 11.3 Å². The number of aryl methyl sites for hydroxylation is 1. The minimum Gasteiger partial charge on any atom is -0.292 e. The molecule has 0 N–H and O–H groups in total. The lowest BCUT2D eigenvalue weighted by atomic mass is 9.97. The molecule has 0 saturated carbocycles. The zero-order valence-electron chi connectivity index (χ0n) is 17.4. The molecule has 4 aromatic rings. The highest BCUT2D eigenvalue weighted by Gasteiger charge is 2.27. The first-order valence-electron chi connectivity index (χ1n) is 10.5. The number of hydrogen-bond donors (Lipinski definition) is 0. The third-order valence-corrected chi connectivity index (χ3v) is 6.61. The Balaban J connectivity index is 1.59. The fraction of sp³-hybridized carbons (Fsp3) is 0.240. The van der Waals surface area contributed by atoms with E-state index in [4.69, 9.17) is 4.98 Å². The fourth-order valence-corrected chi connectivity index (χ4v) is 5.05. The van der Waals surface area contributed by atoms with Crippen LogP contribution in [0.15, 0.2) is 77.0 Å². The van der Waals surface area contributed by atoms with Crippen LogP contribution in [0.3, 0.4) is 0 Å². The van der Waals surface area contributed by atoms with Crippen LogP contribution in [0.25, 0.3) is 0 Å². The number of benzene rings is 2. The minimum absolute atomic E-state index is 0.0593. The van der Waals surface area contributed by atoms with Crippen LogP contribution in [0, 0.1) is 6.92 Å². The van der Waals surface area contributed by atoms with Crippen LogP contribution in [0.2, 0.25) is 0 Å². The number of aromatic nitrogens is 3. The van der Waals surface area contributed by atoms with Gasteiger partial charge in [0.05, 0.1) is 23.8 Å². The lowest BCUT2D eigenvalue weighted by Gasteiger charge is -2.30. The van der Waals surface area contributed by atoms with Crippen LogP contribution in [-0.4, -0.2) is 26.0 Å². The van der Waals surface area contributed by atoms with Crippen molar-refractivity contribution in [2.24, 2.45) is 0 Å². The molecule has 5 rings (SSSR count). The van der Waals surface area contributed by atoms with Crippen molar-refractivity contribution < 1.29 is 0 Å². The van der Waals surface area contributed by atoms with Gasteiger partial charge in [0.25, 0.3) is 5.56 Å². The molecule has 5 nitrogen and oxygen atoms in total. The highest BCUT2D eigenvalue weighted by molar-refractivity contribution is 7.09. The van der Waals surface area contributed by atoms with E-state index >= 15 is 0 Å². The minimum atomic E-state index is -0.206. The van der Waals surface area contributed by atoms with Gasteiger partial charge in [-0.25, -0.2) is 9.97 Å². The van der Waals surface area contributed by atoms with Crippen LogP contribution >= 0.6 is 11.3 Å². The first-order chi connectivity index (χ1) is 15.2. The number of thiazole rings is 1. The molecule has 0 bridgehead atoms. The summed E-state index contributed by atoms with van der Waals surface area (Å²) in [5, 5.41) is 3.07. The van der Waals surface area contributed by atoms with Gasteiger partial charge in [-0.05, 0) is 18.1 Å². The predicted octanol–water partition coefficient (Wildman–Crippen LogP) is 4.20. The second-order valence-corrected chi connectivity index (χ2v) is 8.85. The molecule has 3 heterocycles. The maximum absolute atomic E-state index is 13.9. The molecule has 0 atom stereocenters. The van der Waals surface area contributed by atoms with E-state index in [-0.39, 0.29) is 11.6 Å². The quantitative estimate of drug-likeness (QED) is 0.478. The van der Waals surface area contributed by atoms with Crippen molar-refractivity contribution >= 4 is 11.3 Å². The molecule has 156 valence electrons. The summed E-state index contributed by atoms with van der Waals surface area (Å²) in [5.41, 5.74) is 3.97. The molecule has 1 aliphatic rings. The number of nitrogens with zero attached hydrogens (tertiary/aromatic N) is 4. The summed E-state index contributed by atoms with van der Waals surface area (Å²) in [5.74, 6) is 0.759. The molecule has 31 heavy (non-hydrogen) atoms. The van der Waals surface area contributed by atoms with Crippen LogP contribution in [0.4, 0.5) is 0 Å². The summed E-state index contributed by atoms with van der Waals surface area (Å²) in [6.45, 7) is 4.22. The average molecular weight is 429 g/mol. The van der Waals surface area contributed by atoms with Crippen molar-refractivity contribution in [2.75, 3.05) is 6.54 Å². The van der Waals surface area contributed by atoms with E-state index in [0.29, 0.717) is 6.54 Å². The summed E-state index contributed by atoms with van der Waals surface area (Å²) in [7, 11) is 0. The molecule has 0 amide bonds. The van der Waals surface area contributed by atoms with Gasteiger partial charge in [0.15, 0.2) is 0 Å². The molecule has 0 unspecified atom stereocenters. The van der Waals surface area contributed by atoms with Gasteiger partial charge in [-0.3, -0.25) is 14.3 Å². The Morgan fingerprint density at radius 1 is 1.03 bits per heavy atom. The maximum Gasteiger partial charge on any atom is 0.259 e. The Kier molecular flexibility index (Phi) is 5.49. The van der Waals surface area contributed by atoms with Crippen LogP contribution in [0.5, 0.6) is 0 Å². The summed E-state index contributed by atoms with van der Waals surface area (Å²) in [6.07, 6.45) is 2.62. The molecular weight excluding hydrogens is 404 g/mol. The predicted molar refractivity (Wildman–Crippen MR) is 123 cm³/mol. The van der Waals surface area contributed by atoms with Crippen molar-refractivity contribution in [3.05, 3.63) is 116 Å². The normalized spacial score (nSPS) is 14.0. The zero-order chi connectivity index (χ0) is 21.2. The maximum atomic E-state index is 13.9. The standard InChI is InChI=1S/C25H24N4OS/c1-18-27-22-12-14-28(17-23-26-13-15-31-23)16-21(22)25(30)29(18)24(19-8-4-2-5-9-19)20-10-6-3-7-11-20/h2-11,13,15,24H,12,14,16-17H2,1H3. The van der Waals surface area contributed by atoms with Gasteiger partial charge in [0, 0.05) is 31.1 Å². The van der Waals surface area contributed by atoms with Crippen molar-refractivity contribution in [3.8, 4) is 0 Å². The molecule has 0 spiro atoms. The van der Waals surface area contributed by atoms with Gasteiger partial charge < -0.3 is 0 Å². The lowest BCUT2D eigenvalue weighted by Crippen LogP contribution is -2.40. The largest absolute Gasteiger partial charge is 0.292 e. The van der Waals surface area contributed by atoms with E-state index in [0.717, 1.165) is 52.7 Å². The van der Waals surface area contributed by atoms with Gasteiger partial charge in [0.1, 0.15) is 10.8 Å². The lowest BCUT2D eigenvalue weighted by molar-refractivity contribution is 0.240. The second kappa shape index (κ2) is 8.57. The van der Waals surface area contributed by atoms with Crippen molar-refractivity contribution in [3.63, 3.8) is 0 Å². The molecule has 2 aromatic heterocycles. The highest BCUT2D eigenvalue weighted by Crippen LogP contribution is 2.27. The van der Waals surface area contributed by atoms with Crippen LogP contribution < -0.4 is 5.56 Å². The molecule has 0 saturated heterocycles. The monoisotopic (exact) mass is 428 g/mol. The van der Waals surface area contributed by atoms with Gasteiger partial charge >= 0.3 is 0 Å². The zero-order valence-corrected chi connectivity index (χ0v) is 18.3. The van der Waals surface area contributed by atoms with E-state index in [1.165, 1.54) is 0 Å². The molecule has 0 radical (unpaired) electrons. The van der Waals surface area contributed by atoms with Crippen LogP contribution in [0.1, 0.15) is 39.3 Å².